The average molecular weight is 292 g/mol. The van der Waals surface area contributed by atoms with E-state index < -0.39 is 9.85 Å². The summed E-state index contributed by atoms with van der Waals surface area (Å²) in [6, 6.07) is 4.36. The predicted octanol–water partition coefficient (Wildman–Crippen LogP) is 2.12. The van der Waals surface area contributed by atoms with E-state index in [1.54, 1.807) is 6.92 Å². The summed E-state index contributed by atoms with van der Waals surface area (Å²) in [6.07, 6.45) is 1.15. The van der Waals surface area contributed by atoms with E-state index in [0.717, 1.165) is 6.20 Å². The molecular weight excluding hydrogens is 280 g/mol. The molecule has 0 aliphatic rings. The van der Waals surface area contributed by atoms with Crippen LogP contribution in [0.3, 0.4) is 0 Å². The van der Waals surface area contributed by atoms with E-state index in [0.29, 0.717) is 17.1 Å². The van der Waals surface area contributed by atoms with Crippen LogP contribution in [0, 0.1) is 27.2 Å². The van der Waals surface area contributed by atoms with Gasteiger partial charge in [-0.25, -0.2) is 9.55 Å². The Morgan fingerprint density at radius 1 is 1.29 bits per heavy atom. The normalized spacial score (nSPS) is 10.4. The highest BCUT2D eigenvalue weighted by molar-refractivity contribution is 5.44. The second-order valence-corrected chi connectivity index (χ2v) is 4.34. The summed E-state index contributed by atoms with van der Waals surface area (Å²) in [6.45, 7) is 1.64. The maximum Gasteiger partial charge on any atom is 0.342 e. The number of hydrogen-bond acceptors (Lipinski definition) is 6. The Labute approximate surface area is 119 Å². The zero-order chi connectivity index (χ0) is 15.6. The van der Waals surface area contributed by atoms with E-state index in [4.69, 9.17) is 4.74 Å². The number of benzene rings is 1. The number of nitrogens with zero attached hydrogens (tertiary/aromatic N) is 4. The van der Waals surface area contributed by atoms with E-state index in [2.05, 4.69) is 4.98 Å². The molecule has 0 spiro atoms. The van der Waals surface area contributed by atoms with Gasteiger partial charge in [-0.2, -0.15) is 0 Å². The van der Waals surface area contributed by atoms with Gasteiger partial charge in [0.25, 0.3) is 5.69 Å². The maximum atomic E-state index is 10.7. The molecule has 0 bridgehead atoms. The maximum absolute atomic E-state index is 10.7. The summed E-state index contributed by atoms with van der Waals surface area (Å²) in [5, 5.41) is 21.4. The summed E-state index contributed by atoms with van der Waals surface area (Å²) in [5.74, 6) is 0.690. The molecule has 0 atom stereocenters. The van der Waals surface area contributed by atoms with Crippen LogP contribution in [0.15, 0.2) is 24.4 Å². The van der Waals surface area contributed by atoms with Crippen molar-refractivity contribution in [1.82, 2.24) is 9.55 Å². The Kier molecular flexibility index (Phi) is 3.83. The van der Waals surface area contributed by atoms with Crippen molar-refractivity contribution in [2.24, 2.45) is 7.05 Å². The molecule has 2 aromatic rings. The third-order valence-electron chi connectivity index (χ3n) is 2.98. The standard InChI is InChI=1S/C12H12N4O5/c1-8-5-9(3-4-10(8)15(17)18)21-7-11-13-6-12(14(11)2)16(19)20/h3-6H,7H2,1-2H3. The number of nitro benzene ring substituents is 1. The van der Waals surface area contributed by atoms with Gasteiger partial charge < -0.3 is 14.9 Å². The van der Waals surface area contributed by atoms with Gasteiger partial charge in [0.1, 0.15) is 11.9 Å². The van der Waals surface area contributed by atoms with Crippen molar-refractivity contribution in [2.75, 3.05) is 0 Å². The molecule has 0 radical (unpaired) electrons. The topological polar surface area (TPSA) is 113 Å². The molecule has 21 heavy (non-hydrogen) atoms. The zero-order valence-electron chi connectivity index (χ0n) is 11.3. The second-order valence-electron chi connectivity index (χ2n) is 4.34. The van der Waals surface area contributed by atoms with Gasteiger partial charge in [0.2, 0.25) is 5.82 Å². The minimum Gasteiger partial charge on any atom is -0.483 e. The van der Waals surface area contributed by atoms with E-state index >= 15 is 0 Å². The Hall–Kier alpha value is -2.97. The second kappa shape index (κ2) is 5.57. The molecule has 0 saturated heterocycles. The number of rotatable bonds is 5. The first-order valence-corrected chi connectivity index (χ1v) is 5.93. The van der Waals surface area contributed by atoms with Gasteiger partial charge in [0, 0.05) is 11.6 Å². The SMILES string of the molecule is Cc1cc(OCc2ncc([N+](=O)[O-])n2C)ccc1[N+](=O)[O-]. The van der Waals surface area contributed by atoms with Crippen LogP contribution in [0.1, 0.15) is 11.4 Å². The van der Waals surface area contributed by atoms with Crippen molar-refractivity contribution in [3.8, 4) is 5.75 Å². The Morgan fingerprint density at radius 2 is 2.00 bits per heavy atom. The summed E-state index contributed by atoms with van der Waals surface area (Å²) in [4.78, 5) is 24.3. The molecule has 0 aliphatic carbocycles. The summed E-state index contributed by atoms with van der Waals surface area (Å²) >= 11 is 0. The highest BCUT2D eigenvalue weighted by Gasteiger charge is 2.17. The van der Waals surface area contributed by atoms with E-state index in [1.165, 1.54) is 29.8 Å². The molecule has 0 fully saturated rings. The third kappa shape index (κ3) is 2.96. The molecule has 1 heterocycles. The van der Waals surface area contributed by atoms with Crippen LogP contribution in [0.4, 0.5) is 11.5 Å². The summed E-state index contributed by atoms with van der Waals surface area (Å²) < 4.78 is 6.77. The van der Waals surface area contributed by atoms with Crippen molar-refractivity contribution in [2.45, 2.75) is 13.5 Å². The van der Waals surface area contributed by atoms with Gasteiger partial charge in [-0.3, -0.25) is 10.1 Å². The molecular formula is C12H12N4O5. The number of ether oxygens (including phenoxy) is 1. The molecule has 9 heteroatoms. The van der Waals surface area contributed by atoms with Crippen molar-refractivity contribution in [3.63, 3.8) is 0 Å². The zero-order valence-corrected chi connectivity index (χ0v) is 11.3. The van der Waals surface area contributed by atoms with Crippen LogP contribution in [-0.4, -0.2) is 19.4 Å². The lowest BCUT2D eigenvalue weighted by Crippen LogP contribution is -2.06. The first-order valence-electron chi connectivity index (χ1n) is 5.93. The third-order valence-corrected chi connectivity index (χ3v) is 2.98. The van der Waals surface area contributed by atoms with Crippen LogP contribution < -0.4 is 4.74 Å². The fourth-order valence-electron chi connectivity index (χ4n) is 1.81. The molecule has 0 saturated carbocycles. The van der Waals surface area contributed by atoms with Crippen molar-refractivity contribution >= 4 is 11.5 Å². The van der Waals surface area contributed by atoms with Crippen LogP contribution in [-0.2, 0) is 13.7 Å². The smallest absolute Gasteiger partial charge is 0.342 e. The Morgan fingerprint density at radius 3 is 2.52 bits per heavy atom. The van der Waals surface area contributed by atoms with Gasteiger partial charge in [-0.1, -0.05) is 0 Å². The van der Waals surface area contributed by atoms with Crippen LogP contribution in [0.25, 0.3) is 0 Å². The molecule has 1 aromatic heterocycles. The van der Waals surface area contributed by atoms with Crippen molar-refractivity contribution in [1.29, 1.82) is 0 Å². The molecule has 0 unspecified atom stereocenters. The molecule has 0 N–H and O–H groups in total. The number of aryl methyl sites for hydroxylation is 1. The molecule has 2 rings (SSSR count). The van der Waals surface area contributed by atoms with Gasteiger partial charge in [0.15, 0.2) is 6.61 Å². The minimum absolute atomic E-state index is 0.00924. The average Bonchev–Trinajstić information content (AvgIpc) is 2.77. The number of aromatic nitrogens is 2. The van der Waals surface area contributed by atoms with Crippen LogP contribution in [0.2, 0.25) is 0 Å². The number of hydrogen-bond donors (Lipinski definition) is 0. The molecule has 110 valence electrons. The lowest BCUT2D eigenvalue weighted by Gasteiger charge is -2.05. The van der Waals surface area contributed by atoms with E-state index in [-0.39, 0.29) is 18.1 Å². The fourth-order valence-corrected chi connectivity index (χ4v) is 1.81. The number of imidazole rings is 1. The van der Waals surface area contributed by atoms with Crippen molar-refractivity contribution < 1.29 is 14.6 Å². The van der Waals surface area contributed by atoms with Crippen LogP contribution in [0.5, 0.6) is 5.75 Å². The lowest BCUT2D eigenvalue weighted by atomic mass is 10.2. The summed E-state index contributed by atoms with van der Waals surface area (Å²) in [7, 11) is 1.52. The Bertz CT molecular complexity index is 710. The highest BCUT2D eigenvalue weighted by Crippen LogP contribution is 2.23. The molecule has 9 nitrogen and oxygen atoms in total. The van der Waals surface area contributed by atoms with Gasteiger partial charge in [-0.05, 0) is 24.0 Å². The molecule has 0 aliphatic heterocycles. The van der Waals surface area contributed by atoms with E-state index in [9.17, 15) is 20.2 Å². The van der Waals surface area contributed by atoms with E-state index in [1.807, 2.05) is 0 Å². The van der Waals surface area contributed by atoms with Gasteiger partial charge in [0.05, 0.1) is 12.0 Å². The first kappa shape index (κ1) is 14.4. The van der Waals surface area contributed by atoms with Gasteiger partial charge >= 0.3 is 5.82 Å². The fraction of sp³-hybridized carbons (Fsp3) is 0.250. The first-order chi connectivity index (χ1) is 9.90. The monoisotopic (exact) mass is 292 g/mol. The van der Waals surface area contributed by atoms with Crippen LogP contribution >= 0.6 is 0 Å². The molecule has 0 amide bonds. The Balaban J connectivity index is 2.12. The van der Waals surface area contributed by atoms with Crippen molar-refractivity contribution in [3.05, 3.63) is 56.0 Å². The summed E-state index contributed by atoms with van der Waals surface area (Å²) in [5.41, 5.74) is 0.485. The van der Waals surface area contributed by atoms with Gasteiger partial charge in [-0.15, -0.1) is 0 Å². The molecule has 1 aromatic carbocycles. The number of nitro groups is 2. The quantitative estimate of drug-likeness (QED) is 0.616. The highest BCUT2D eigenvalue weighted by atomic mass is 16.6. The lowest BCUT2D eigenvalue weighted by molar-refractivity contribution is -0.391. The predicted molar refractivity (Wildman–Crippen MR) is 72.0 cm³/mol. The largest absolute Gasteiger partial charge is 0.483 e. The minimum atomic E-state index is -0.535.